The molecule has 4 heteroatoms. The Morgan fingerprint density at radius 1 is 1.05 bits per heavy atom. The van der Waals surface area contributed by atoms with Gasteiger partial charge in [0.25, 0.3) is 0 Å². The normalized spacial score (nSPS) is 12.3. The van der Waals surface area contributed by atoms with Crippen molar-refractivity contribution in [2.75, 3.05) is 0 Å². The van der Waals surface area contributed by atoms with Crippen molar-refractivity contribution < 1.29 is 5.11 Å². The molecule has 0 aliphatic carbocycles. The van der Waals surface area contributed by atoms with Crippen LogP contribution < -0.4 is 0 Å². The van der Waals surface area contributed by atoms with Gasteiger partial charge in [-0.2, -0.15) is 5.10 Å². The van der Waals surface area contributed by atoms with Gasteiger partial charge in [0.15, 0.2) is 0 Å². The molecule has 106 valence electrons. The Morgan fingerprint density at radius 2 is 1.76 bits per heavy atom. The Kier molecular flexibility index (Phi) is 4.04. The Labute approximate surface area is 128 Å². The maximum atomic E-state index is 10.3. The fourth-order valence-corrected chi connectivity index (χ4v) is 2.32. The van der Waals surface area contributed by atoms with Crippen LogP contribution in [0.1, 0.15) is 17.2 Å². The number of halogens is 1. The summed E-state index contributed by atoms with van der Waals surface area (Å²) in [7, 11) is 0. The number of aliphatic hydroxyl groups excluding tert-OH is 1. The largest absolute Gasteiger partial charge is 0.388 e. The second-order valence-electron chi connectivity index (χ2n) is 4.90. The number of hydrogen-bond acceptors (Lipinski definition) is 2. The topological polar surface area (TPSA) is 38.1 Å². The molecule has 0 saturated heterocycles. The van der Waals surface area contributed by atoms with Crippen LogP contribution in [0.2, 0.25) is 5.02 Å². The quantitative estimate of drug-likeness (QED) is 0.795. The summed E-state index contributed by atoms with van der Waals surface area (Å²) in [5, 5.41) is 15.3. The van der Waals surface area contributed by atoms with Crippen molar-refractivity contribution in [3.63, 3.8) is 0 Å². The molecule has 1 N–H and O–H groups in total. The maximum absolute atomic E-state index is 10.3. The standard InChI is InChI=1S/C17H15ClN2O/c18-15-8-6-13(7-9-15)10-17(21)14-11-19-20(12-14)16-4-2-1-3-5-16/h1-9,11-12,17,21H,10H2. The third-order valence-electron chi connectivity index (χ3n) is 3.35. The zero-order valence-corrected chi connectivity index (χ0v) is 12.1. The predicted molar refractivity (Wildman–Crippen MR) is 83.7 cm³/mol. The minimum atomic E-state index is -0.580. The van der Waals surface area contributed by atoms with E-state index in [9.17, 15) is 5.11 Å². The number of rotatable bonds is 4. The number of aliphatic hydroxyl groups is 1. The van der Waals surface area contributed by atoms with Gasteiger partial charge in [0.1, 0.15) is 0 Å². The molecule has 2 aromatic carbocycles. The van der Waals surface area contributed by atoms with Gasteiger partial charge < -0.3 is 5.11 Å². The van der Waals surface area contributed by atoms with Gasteiger partial charge in [0.2, 0.25) is 0 Å². The molecule has 3 rings (SSSR count). The lowest BCUT2D eigenvalue weighted by atomic mass is 10.0. The van der Waals surface area contributed by atoms with Gasteiger partial charge in [-0.3, -0.25) is 0 Å². The number of aromatic nitrogens is 2. The average molecular weight is 299 g/mol. The molecule has 0 aliphatic heterocycles. The second kappa shape index (κ2) is 6.12. The van der Waals surface area contributed by atoms with Crippen molar-refractivity contribution in [3.8, 4) is 5.69 Å². The van der Waals surface area contributed by atoms with Gasteiger partial charge in [-0.25, -0.2) is 4.68 Å². The highest BCUT2D eigenvalue weighted by molar-refractivity contribution is 6.30. The molecular formula is C17H15ClN2O. The van der Waals surface area contributed by atoms with Crippen molar-refractivity contribution >= 4 is 11.6 Å². The maximum Gasteiger partial charge on any atom is 0.0860 e. The van der Waals surface area contributed by atoms with E-state index in [-0.39, 0.29) is 0 Å². The molecular weight excluding hydrogens is 284 g/mol. The molecule has 0 bridgehead atoms. The zero-order valence-electron chi connectivity index (χ0n) is 11.4. The molecule has 21 heavy (non-hydrogen) atoms. The fraction of sp³-hybridized carbons (Fsp3) is 0.118. The van der Waals surface area contributed by atoms with Gasteiger partial charge in [-0.05, 0) is 29.8 Å². The highest BCUT2D eigenvalue weighted by Crippen LogP contribution is 2.20. The van der Waals surface area contributed by atoms with Crippen LogP contribution in [0.3, 0.4) is 0 Å². The van der Waals surface area contributed by atoms with Crippen LogP contribution >= 0.6 is 11.6 Å². The third-order valence-corrected chi connectivity index (χ3v) is 3.60. The zero-order chi connectivity index (χ0) is 14.7. The number of nitrogens with zero attached hydrogens (tertiary/aromatic N) is 2. The summed E-state index contributed by atoms with van der Waals surface area (Å²) in [6.07, 6.45) is 3.52. The minimum Gasteiger partial charge on any atom is -0.388 e. The average Bonchev–Trinajstić information content (AvgIpc) is 3.00. The molecule has 3 aromatic rings. The first kappa shape index (κ1) is 13.9. The molecule has 1 aromatic heterocycles. The number of para-hydroxylation sites is 1. The predicted octanol–water partition coefficient (Wildman–Crippen LogP) is 3.80. The lowest BCUT2D eigenvalue weighted by Crippen LogP contribution is -2.00. The molecule has 0 radical (unpaired) electrons. The summed E-state index contributed by atoms with van der Waals surface area (Å²) in [4.78, 5) is 0. The Bertz CT molecular complexity index is 707. The van der Waals surface area contributed by atoms with E-state index in [2.05, 4.69) is 5.10 Å². The minimum absolute atomic E-state index is 0.539. The van der Waals surface area contributed by atoms with Crippen LogP contribution in [0, 0.1) is 0 Å². The summed E-state index contributed by atoms with van der Waals surface area (Å²) in [6.45, 7) is 0. The molecule has 0 fully saturated rings. The van der Waals surface area contributed by atoms with Crippen molar-refractivity contribution in [2.45, 2.75) is 12.5 Å². The van der Waals surface area contributed by atoms with Crippen LogP contribution in [-0.4, -0.2) is 14.9 Å². The van der Waals surface area contributed by atoms with E-state index >= 15 is 0 Å². The first-order valence-electron chi connectivity index (χ1n) is 6.75. The number of benzene rings is 2. The highest BCUT2D eigenvalue weighted by Gasteiger charge is 2.11. The Balaban J connectivity index is 1.75. The van der Waals surface area contributed by atoms with Crippen LogP contribution in [-0.2, 0) is 6.42 Å². The second-order valence-corrected chi connectivity index (χ2v) is 5.34. The van der Waals surface area contributed by atoms with Gasteiger partial charge >= 0.3 is 0 Å². The van der Waals surface area contributed by atoms with E-state index in [0.717, 1.165) is 16.8 Å². The first-order valence-corrected chi connectivity index (χ1v) is 7.13. The fourth-order valence-electron chi connectivity index (χ4n) is 2.19. The summed E-state index contributed by atoms with van der Waals surface area (Å²) in [5.74, 6) is 0. The molecule has 0 spiro atoms. The summed E-state index contributed by atoms with van der Waals surface area (Å²) in [6, 6.07) is 17.3. The van der Waals surface area contributed by atoms with E-state index in [1.807, 2.05) is 60.8 Å². The molecule has 1 atom stereocenters. The monoisotopic (exact) mass is 298 g/mol. The first-order chi connectivity index (χ1) is 10.2. The third kappa shape index (κ3) is 3.32. The molecule has 0 amide bonds. The lowest BCUT2D eigenvalue weighted by Gasteiger charge is -2.08. The van der Waals surface area contributed by atoms with Gasteiger partial charge in [0, 0.05) is 23.2 Å². The van der Waals surface area contributed by atoms with Crippen LogP contribution in [0.5, 0.6) is 0 Å². The van der Waals surface area contributed by atoms with Gasteiger partial charge in [-0.1, -0.05) is 41.9 Å². The molecule has 1 heterocycles. The van der Waals surface area contributed by atoms with E-state index in [1.165, 1.54) is 0 Å². The smallest absolute Gasteiger partial charge is 0.0860 e. The molecule has 0 aliphatic rings. The van der Waals surface area contributed by atoms with Crippen molar-refractivity contribution in [1.82, 2.24) is 9.78 Å². The van der Waals surface area contributed by atoms with E-state index in [4.69, 9.17) is 11.6 Å². The Morgan fingerprint density at radius 3 is 2.48 bits per heavy atom. The summed E-state index contributed by atoms with van der Waals surface area (Å²) >= 11 is 5.86. The van der Waals surface area contributed by atoms with Crippen LogP contribution in [0.4, 0.5) is 0 Å². The Hall–Kier alpha value is -2.10. The van der Waals surface area contributed by atoms with Crippen molar-refractivity contribution in [3.05, 3.63) is 83.1 Å². The van der Waals surface area contributed by atoms with E-state index in [0.29, 0.717) is 11.4 Å². The number of hydrogen-bond donors (Lipinski definition) is 1. The SMILES string of the molecule is OC(Cc1ccc(Cl)cc1)c1cnn(-c2ccccc2)c1. The summed E-state index contributed by atoms with van der Waals surface area (Å²) in [5.41, 5.74) is 2.82. The molecule has 1 unspecified atom stereocenters. The van der Waals surface area contributed by atoms with Crippen molar-refractivity contribution in [2.24, 2.45) is 0 Å². The van der Waals surface area contributed by atoms with E-state index in [1.54, 1.807) is 10.9 Å². The lowest BCUT2D eigenvalue weighted by molar-refractivity contribution is 0.178. The van der Waals surface area contributed by atoms with Gasteiger partial charge in [0.05, 0.1) is 18.0 Å². The molecule has 0 saturated carbocycles. The van der Waals surface area contributed by atoms with E-state index < -0.39 is 6.10 Å². The van der Waals surface area contributed by atoms with Crippen LogP contribution in [0.15, 0.2) is 67.0 Å². The molecule has 3 nitrogen and oxygen atoms in total. The van der Waals surface area contributed by atoms with Gasteiger partial charge in [-0.15, -0.1) is 0 Å². The summed E-state index contributed by atoms with van der Waals surface area (Å²) < 4.78 is 1.76. The highest BCUT2D eigenvalue weighted by atomic mass is 35.5. The van der Waals surface area contributed by atoms with Crippen molar-refractivity contribution in [1.29, 1.82) is 0 Å². The van der Waals surface area contributed by atoms with Crippen LogP contribution in [0.25, 0.3) is 5.69 Å².